The molecule has 4 heteroatoms. The number of thiazole rings is 1. The van der Waals surface area contributed by atoms with E-state index in [1.165, 1.54) is 4.70 Å². The number of halogens is 1. The average molecular weight is 239 g/mol. The molecule has 1 aromatic carbocycles. The van der Waals surface area contributed by atoms with Gasteiger partial charge in [0.15, 0.2) is 5.13 Å². The van der Waals surface area contributed by atoms with Crippen molar-refractivity contribution in [1.29, 1.82) is 0 Å². The molecule has 0 amide bonds. The number of hydrogen-bond donors (Lipinski definition) is 1. The first-order valence-electron chi connectivity index (χ1n) is 5.01. The number of anilines is 1. The first kappa shape index (κ1) is 9.43. The van der Waals surface area contributed by atoms with Crippen LogP contribution in [0, 0.1) is 0 Å². The highest BCUT2D eigenvalue weighted by atomic mass is 35.5. The number of fused-ring (bicyclic) bond motifs is 1. The van der Waals surface area contributed by atoms with E-state index in [1.807, 2.05) is 18.2 Å². The summed E-state index contributed by atoms with van der Waals surface area (Å²) in [6.45, 7) is 0. The number of para-hydroxylation sites is 1. The van der Waals surface area contributed by atoms with Crippen molar-refractivity contribution < 1.29 is 0 Å². The minimum atomic E-state index is 0.134. The number of hydrogen-bond acceptors (Lipinski definition) is 3. The second-order valence-corrected chi connectivity index (χ2v) is 5.32. The molecule has 1 aromatic heterocycles. The third-order valence-corrected chi connectivity index (χ3v) is 4.24. The Morgan fingerprint density at radius 2 is 2.20 bits per heavy atom. The van der Waals surface area contributed by atoms with Gasteiger partial charge in [0.1, 0.15) is 0 Å². The largest absolute Gasteiger partial charge is 0.355 e. The monoisotopic (exact) mass is 238 g/mol. The highest BCUT2D eigenvalue weighted by Gasteiger charge is 2.42. The van der Waals surface area contributed by atoms with Crippen molar-refractivity contribution in [2.45, 2.75) is 18.4 Å². The van der Waals surface area contributed by atoms with Crippen LogP contribution in [0.4, 0.5) is 5.13 Å². The summed E-state index contributed by atoms with van der Waals surface area (Å²) in [5.74, 6) is 0.670. The molecular weight excluding hydrogens is 228 g/mol. The first-order chi connectivity index (χ1) is 7.31. The average Bonchev–Trinajstić information content (AvgIpc) is 2.91. The zero-order chi connectivity index (χ0) is 10.3. The highest BCUT2D eigenvalue weighted by molar-refractivity contribution is 7.22. The maximum absolute atomic E-state index is 5.92. The summed E-state index contributed by atoms with van der Waals surface area (Å²) in [6.07, 6.45) is 2.32. The summed E-state index contributed by atoms with van der Waals surface area (Å²) >= 11 is 7.62. The minimum Gasteiger partial charge on any atom is -0.355 e. The van der Waals surface area contributed by atoms with Crippen molar-refractivity contribution in [3.63, 3.8) is 0 Å². The summed E-state index contributed by atoms with van der Waals surface area (Å²) in [5, 5.41) is 4.44. The van der Waals surface area contributed by atoms with Crippen LogP contribution in [-0.4, -0.2) is 16.4 Å². The maximum atomic E-state index is 5.92. The molecule has 78 valence electrons. The fraction of sp³-hybridized carbons (Fsp3) is 0.364. The van der Waals surface area contributed by atoms with Gasteiger partial charge in [-0.05, 0) is 25.0 Å². The molecule has 0 bridgehead atoms. The van der Waals surface area contributed by atoms with E-state index in [-0.39, 0.29) is 5.54 Å². The Bertz CT molecular complexity index is 457. The Kier molecular flexibility index (Phi) is 2.11. The topological polar surface area (TPSA) is 24.9 Å². The molecule has 0 radical (unpaired) electrons. The quantitative estimate of drug-likeness (QED) is 0.829. The van der Waals surface area contributed by atoms with Gasteiger partial charge in [0, 0.05) is 5.88 Å². The summed E-state index contributed by atoms with van der Waals surface area (Å²) in [4.78, 5) is 4.53. The van der Waals surface area contributed by atoms with Gasteiger partial charge in [0.2, 0.25) is 0 Å². The third kappa shape index (κ3) is 1.70. The van der Waals surface area contributed by atoms with Crippen LogP contribution in [0.3, 0.4) is 0 Å². The van der Waals surface area contributed by atoms with Crippen LogP contribution in [0.2, 0.25) is 0 Å². The van der Waals surface area contributed by atoms with E-state index in [0.29, 0.717) is 5.88 Å². The molecule has 15 heavy (non-hydrogen) atoms. The highest BCUT2D eigenvalue weighted by Crippen LogP contribution is 2.41. The van der Waals surface area contributed by atoms with Crippen LogP contribution in [0.15, 0.2) is 24.3 Å². The fourth-order valence-electron chi connectivity index (χ4n) is 1.60. The second kappa shape index (κ2) is 3.35. The van der Waals surface area contributed by atoms with E-state index in [1.54, 1.807) is 11.3 Å². The van der Waals surface area contributed by atoms with Gasteiger partial charge in [-0.1, -0.05) is 23.5 Å². The molecule has 0 atom stereocenters. The van der Waals surface area contributed by atoms with Crippen LogP contribution in [0.5, 0.6) is 0 Å². The summed E-state index contributed by atoms with van der Waals surface area (Å²) in [7, 11) is 0. The Morgan fingerprint density at radius 1 is 1.40 bits per heavy atom. The van der Waals surface area contributed by atoms with Gasteiger partial charge in [0.05, 0.1) is 15.8 Å². The summed E-state index contributed by atoms with van der Waals surface area (Å²) < 4.78 is 1.23. The molecule has 1 N–H and O–H groups in total. The third-order valence-electron chi connectivity index (χ3n) is 2.78. The Hall–Kier alpha value is -0.800. The van der Waals surface area contributed by atoms with Crippen molar-refractivity contribution in [1.82, 2.24) is 4.98 Å². The molecule has 1 heterocycles. The van der Waals surface area contributed by atoms with E-state index in [2.05, 4.69) is 16.4 Å². The molecule has 0 unspecified atom stereocenters. The molecule has 1 aliphatic rings. The Balaban J connectivity index is 1.92. The van der Waals surface area contributed by atoms with Crippen LogP contribution < -0.4 is 5.32 Å². The lowest BCUT2D eigenvalue weighted by Gasteiger charge is -2.11. The first-order valence-corrected chi connectivity index (χ1v) is 6.36. The van der Waals surface area contributed by atoms with Gasteiger partial charge in [-0.2, -0.15) is 0 Å². The van der Waals surface area contributed by atoms with Gasteiger partial charge in [0.25, 0.3) is 0 Å². The lowest BCUT2D eigenvalue weighted by atomic mass is 10.3. The molecule has 3 rings (SSSR count). The van der Waals surface area contributed by atoms with Crippen LogP contribution >= 0.6 is 22.9 Å². The summed E-state index contributed by atoms with van der Waals surface area (Å²) in [5.41, 5.74) is 1.20. The van der Waals surface area contributed by atoms with E-state index >= 15 is 0 Å². The van der Waals surface area contributed by atoms with Gasteiger partial charge in [-0.25, -0.2) is 4.98 Å². The molecule has 1 aliphatic carbocycles. The predicted octanol–water partition coefficient (Wildman–Crippen LogP) is 3.48. The van der Waals surface area contributed by atoms with Crippen LogP contribution in [0.25, 0.3) is 10.2 Å². The number of benzene rings is 1. The molecule has 0 aliphatic heterocycles. The van der Waals surface area contributed by atoms with Crippen molar-refractivity contribution in [2.75, 3.05) is 11.2 Å². The molecule has 2 nitrogen and oxygen atoms in total. The minimum absolute atomic E-state index is 0.134. The number of alkyl halides is 1. The molecular formula is C11H11ClN2S. The fourth-order valence-corrected chi connectivity index (χ4v) is 2.91. The number of rotatable bonds is 3. The second-order valence-electron chi connectivity index (χ2n) is 4.03. The SMILES string of the molecule is ClCC1(Nc2nc3ccccc3s2)CC1. The molecule has 2 aromatic rings. The van der Waals surface area contributed by atoms with Gasteiger partial charge in [-0.3, -0.25) is 0 Å². The zero-order valence-electron chi connectivity index (χ0n) is 8.16. The number of nitrogens with zero attached hydrogens (tertiary/aromatic N) is 1. The standard InChI is InChI=1S/C11H11ClN2S/c12-7-11(5-6-11)14-10-13-8-3-1-2-4-9(8)15-10/h1-4H,5-7H2,(H,13,14). The maximum Gasteiger partial charge on any atom is 0.184 e. The van der Waals surface area contributed by atoms with Crippen LogP contribution in [0.1, 0.15) is 12.8 Å². The summed E-state index contributed by atoms with van der Waals surface area (Å²) in [6, 6.07) is 8.19. The van der Waals surface area contributed by atoms with E-state index in [9.17, 15) is 0 Å². The van der Waals surface area contributed by atoms with Gasteiger partial charge >= 0.3 is 0 Å². The molecule has 0 spiro atoms. The van der Waals surface area contributed by atoms with E-state index < -0.39 is 0 Å². The lowest BCUT2D eigenvalue weighted by molar-refractivity contribution is 0.836. The van der Waals surface area contributed by atoms with Gasteiger partial charge in [-0.15, -0.1) is 11.6 Å². The van der Waals surface area contributed by atoms with Crippen molar-refractivity contribution in [3.8, 4) is 0 Å². The smallest absolute Gasteiger partial charge is 0.184 e. The van der Waals surface area contributed by atoms with E-state index in [4.69, 9.17) is 11.6 Å². The number of aromatic nitrogens is 1. The van der Waals surface area contributed by atoms with Crippen molar-refractivity contribution in [2.24, 2.45) is 0 Å². The number of nitrogens with one attached hydrogen (secondary N) is 1. The Labute approximate surface area is 97.3 Å². The molecule has 1 saturated carbocycles. The van der Waals surface area contributed by atoms with Crippen molar-refractivity contribution >= 4 is 38.3 Å². The molecule has 1 fully saturated rings. The lowest BCUT2D eigenvalue weighted by Crippen LogP contribution is -2.22. The van der Waals surface area contributed by atoms with Crippen LogP contribution in [-0.2, 0) is 0 Å². The van der Waals surface area contributed by atoms with E-state index in [0.717, 1.165) is 23.5 Å². The zero-order valence-corrected chi connectivity index (χ0v) is 9.74. The predicted molar refractivity (Wildman–Crippen MR) is 65.9 cm³/mol. The van der Waals surface area contributed by atoms with Crippen molar-refractivity contribution in [3.05, 3.63) is 24.3 Å². The normalized spacial score (nSPS) is 17.9. The molecule has 0 saturated heterocycles. The Morgan fingerprint density at radius 3 is 2.87 bits per heavy atom. The van der Waals surface area contributed by atoms with Gasteiger partial charge < -0.3 is 5.32 Å².